The summed E-state index contributed by atoms with van der Waals surface area (Å²) in [5.41, 5.74) is 1.19. The molecular weight excluding hydrogens is 302 g/mol. The molecule has 0 unspecified atom stereocenters. The van der Waals surface area contributed by atoms with Gasteiger partial charge < -0.3 is 15.0 Å². The number of benzene rings is 1. The van der Waals surface area contributed by atoms with Gasteiger partial charge >= 0.3 is 0 Å². The van der Waals surface area contributed by atoms with Crippen LogP contribution in [0.5, 0.6) is 0 Å². The van der Waals surface area contributed by atoms with E-state index in [9.17, 15) is 4.79 Å². The Hall–Kier alpha value is -1.30. The number of halogens is 1. The summed E-state index contributed by atoms with van der Waals surface area (Å²) in [6.07, 6.45) is 0.965. The van der Waals surface area contributed by atoms with Crippen molar-refractivity contribution < 1.29 is 9.53 Å². The average molecular weight is 326 g/mol. The van der Waals surface area contributed by atoms with Crippen molar-refractivity contribution in [3.8, 4) is 0 Å². The van der Waals surface area contributed by atoms with Crippen LogP contribution >= 0.6 is 11.6 Å². The fraction of sp³-hybridized carbons (Fsp3) is 0.562. The zero-order chi connectivity index (χ0) is 15.8. The van der Waals surface area contributed by atoms with Crippen molar-refractivity contribution in [2.45, 2.75) is 6.42 Å². The first-order chi connectivity index (χ1) is 10.7. The molecule has 1 N–H and O–H groups in total. The molecule has 0 bridgehead atoms. The van der Waals surface area contributed by atoms with Gasteiger partial charge in [-0.2, -0.15) is 0 Å². The van der Waals surface area contributed by atoms with Gasteiger partial charge in [0.05, 0.1) is 0 Å². The summed E-state index contributed by atoms with van der Waals surface area (Å²) in [7, 11) is 1.53. The van der Waals surface area contributed by atoms with Crippen LogP contribution in [0.25, 0.3) is 0 Å². The quantitative estimate of drug-likeness (QED) is 0.774. The first-order valence-corrected chi connectivity index (χ1v) is 8.05. The first-order valence-electron chi connectivity index (χ1n) is 7.67. The third-order valence-corrected chi connectivity index (χ3v) is 4.03. The summed E-state index contributed by atoms with van der Waals surface area (Å²) in [5.74, 6) is -0.0479. The normalized spacial score (nSPS) is 15.8. The van der Waals surface area contributed by atoms with Crippen molar-refractivity contribution in [1.29, 1.82) is 0 Å². The molecule has 0 radical (unpaired) electrons. The Morgan fingerprint density at radius 3 is 2.77 bits per heavy atom. The molecule has 22 heavy (non-hydrogen) atoms. The zero-order valence-electron chi connectivity index (χ0n) is 13.1. The van der Waals surface area contributed by atoms with Crippen LogP contribution in [0.4, 0.5) is 5.69 Å². The minimum Gasteiger partial charge on any atom is -0.375 e. The molecule has 122 valence electrons. The summed E-state index contributed by atoms with van der Waals surface area (Å²) in [4.78, 5) is 16.1. The fourth-order valence-corrected chi connectivity index (χ4v) is 2.80. The molecule has 1 amide bonds. The molecular formula is C16H24ClN3O2. The summed E-state index contributed by atoms with van der Waals surface area (Å²) >= 11 is 6.04. The number of hydrogen-bond acceptors (Lipinski definition) is 4. The number of carbonyl (C=O) groups excluding carboxylic acids is 1. The van der Waals surface area contributed by atoms with Crippen molar-refractivity contribution in [3.05, 3.63) is 29.3 Å². The number of methoxy groups -OCH3 is 1. The lowest BCUT2D eigenvalue weighted by atomic mass is 10.2. The summed E-state index contributed by atoms with van der Waals surface area (Å²) in [6.45, 7) is 5.95. The van der Waals surface area contributed by atoms with E-state index in [2.05, 4.69) is 21.2 Å². The molecule has 1 saturated heterocycles. The van der Waals surface area contributed by atoms with E-state index in [1.807, 2.05) is 18.2 Å². The minimum atomic E-state index is -0.0479. The van der Waals surface area contributed by atoms with Crippen LogP contribution in [0, 0.1) is 0 Å². The van der Waals surface area contributed by atoms with Gasteiger partial charge in [0.1, 0.15) is 6.61 Å². The number of hydrogen-bond donors (Lipinski definition) is 1. The minimum absolute atomic E-state index is 0.0479. The van der Waals surface area contributed by atoms with Gasteiger partial charge in [0.15, 0.2) is 0 Å². The van der Waals surface area contributed by atoms with Crippen molar-refractivity contribution >= 4 is 23.2 Å². The Bertz CT molecular complexity index is 476. The Morgan fingerprint density at radius 2 is 2.09 bits per heavy atom. The standard InChI is InChI=1S/C16H24ClN3O2/c1-22-13-16(21)18-6-3-7-19-8-10-20(11-9-19)15-5-2-4-14(17)12-15/h2,4-5,12H,3,6-11,13H2,1H3,(H,18,21). The Labute approximate surface area is 137 Å². The van der Waals surface area contributed by atoms with Crippen LogP contribution in [0.2, 0.25) is 5.02 Å². The number of anilines is 1. The van der Waals surface area contributed by atoms with Gasteiger partial charge in [-0.25, -0.2) is 0 Å². The van der Waals surface area contributed by atoms with Crippen LogP contribution in [-0.4, -0.2) is 63.8 Å². The largest absolute Gasteiger partial charge is 0.375 e. The van der Waals surface area contributed by atoms with Gasteiger partial charge in [-0.1, -0.05) is 17.7 Å². The van der Waals surface area contributed by atoms with Crippen molar-refractivity contribution in [3.63, 3.8) is 0 Å². The molecule has 1 aliphatic heterocycles. The highest BCUT2D eigenvalue weighted by Crippen LogP contribution is 2.20. The Balaban J connectivity index is 1.64. The molecule has 0 atom stereocenters. The highest BCUT2D eigenvalue weighted by atomic mass is 35.5. The Kier molecular flexibility index (Phi) is 6.96. The molecule has 0 spiro atoms. The maximum Gasteiger partial charge on any atom is 0.245 e. The summed E-state index contributed by atoms with van der Waals surface area (Å²) in [6, 6.07) is 8.02. The smallest absolute Gasteiger partial charge is 0.245 e. The molecule has 1 aliphatic rings. The number of ether oxygens (including phenoxy) is 1. The molecule has 1 aromatic rings. The number of piperazine rings is 1. The maximum absolute atomic E-state index is 11.3. The maximum atomic E-state index is 11.3. The molecule has 6 heteroatoms. The van der Waals surface area contributed by atoms with Gasteiger partial charge in [0.2, 0.25) is 5.91 Å². The van der Waals surface area contributed by atoms with Crippen LogP contribution in [-0.2, 0) is 9.53 Å². The number of amides is 1. The second-order valence-electron chi connectivity index (χ2n) is 5.45. The second kappa shape index (κ2) is 8.98. The van der Waals surface area contributed by atoms with E-state index in [1.165, 1.54) is 12.8 Å². The van der Waals surface area contributed by atoms with Gasteiger partial charge in [0, 0.05) is 50.5 Å². The third kappa shape index (κ3) is 5.48. The first kappa shape index (κ1) is 17.1. The van der Waals surface area contributed by atoms with E-state index in [0.717, 1.165) is 44.2 Å². The van der Waals surface area contributed by atoms with Crippen molar-refractivity contribution in [2.75, 3.05) is 57.9 Å². The van der Waals surface area contributed by atoms with Gasteiger partial charge in [-0.15, -0.1) is 0 Å². The predicted molar refractivity (Wildman–Crippen MR) is 89.6 cm³/mol. The third-order valence-electron chi connectivity index (χ3n) is 3.79. The summed E-state index contributed by atoms with van der Waals surface area (Å²) in [5, 5.41) is 3.63. The molecule has 1 aromatic carbocycles. The van der Waals surface area contributed by atoms with Crippen molar-refractivity contribution in [2.24, 2.45) is 0 Å². The number of nitrogens with zero attached hydrogens (tertiary/aromatic N) is 2. The molecule has 0 aliphatic carbocycles. The van der Waals surface area contributed by atoms with E-state index < -0.39 is 0 Å². The van der Waals surface area contributed by atoms with Gasteiger partial charge in [0.25, 0.3) is 0 Å². The monoisotopic (exact) mass is 325 g/mol. The van der Waals surface area contributed by atoms with E-state index in [0.29, 0.717) is 6.54 Å². The van der Waals surface area contributed by atoms with Crippen LogP contribution in [0.1, 0.15) is 6.42 Å². The molecule has 1 fully saturated rings. The predicted octanol–water partition coefficient (Wildman–Crippen LogP) is 1.61. The van der Waals surface area contributed by atoms with E-state index in [-0.39, 0.29) is 12.5 Å². The lowest BCUT2D eigenvalue weighted by Crippen LogP contribution is -2.47. The van der Waals surface area contributed by atoms with Gasteiger partial charge in [-0.3, -0.25) is 9.69 Å². The fourth-order valence-electron chi connectivity index (χ4n) is 2.62. The van der Waals surface area contributed by atoms with Crippen LogP contribution < -0.4 is 10.2 Å². The van der Waals surface area contributed by atoms with Gasteiger partial charge in [-0.05, 0) is 31.2 Å². The molecule has 0 saturated carbocycles. The Morgan fingerprint density at radius 1 is 1.32 bits per heavy atom. The second-order valence-corrected chi connectivity index (χ2v) is 5.88. The molecule has 5 nitrogen and oxygen atoms in total. The van der Waals surface area contributed by atoms with Crippen LogP contribution in [0.15, 0.2) is 24.3 Å². The molecule has 2 rings (SSSR count). The number of rotatable bonds is 7. The van der Waals surface area contributed by atoms with E-state index >= 15 is 0 Å². The lowest BCUT2D eigenvalue weighted by Gasteiger charge is -2.36. The topological polar surface area (TPSA) is 44.8 Å². The zero-order valence-corrected chi connectivity index (χ0v) is 13.8. The average Bonchev–Trinajstić information content (AvgIpc) is 2.52. The molecule has 0 aromatic heterocycles. The highest BCUT2D eigenvalue weighted by molar-refractivity contribution is 6.30. The number of carbonyl (C=O) groups is 1. The SMILES string of the molecule is COCC(=O)NCCCN1CCN(c2cccc(Cl)c2)CC1. The summed E-state index contributed by atoms with van der Waals surface area (Å²) < 4.78 is 4.78. The lowest BCUT2D eigenvalue weighted by molar-refractivity contribution is -0.124. The van der Waals surface area contributed by atoms with Crippen LogP contribution in [0.3, 0.4) is 0 Å². The van der Waals surface area contributed by atoms with Crippen molar-refractivity contribution in [1.82, 2.24) is 10.2 Å². The van der Waals surface area contributed by atoms with E-state index in [4.69, 9.17) is 16.3 Å². The number of nitrogens with one attached hydrogen (secondary N) is 1. The molecule has 1 heterocycles. The highest BCUT2D eigenvalue weighted by Gasteiger charge is 2.16. The van der Waals surface area contributed by atoms with E-state index in [1.54, 1.807) is 0 Å².